The van der Waals surface area contributed by atoms with Gasteiger partial charge in [0.15, 0.2) is 0 Å². The van der Waals surface area contributed by atoms with Gasteiger partial charge in [-0.1, -0.05) is 24.3 Å². The van der Waals surface area contributed by atoms with Gasteiger partial charge < -0.3 is 24.3 Å². The summed E-state index contributed by atoms with van der Waals surface area (Å²) in [6.45, 7) is 0. The summed E-state index contributed by atoms with van der Waals surface area (Å²) >= 11 is 0. The Morgan fingerprint density at radius 2 is 1.21 bits per heavy atom. The molecule has 0 radical (unpaired) electrons. The van der Waals surface area contributed by atoms with Crippen LogP contribution in [-0.4, -0.2) is 34.3 Å². The Labute approximate surface area is 195 Å². The molecule has 174 valence electrons. The molecule has 3 rings (SSSR count). The van der Waals surface area contributed by atoms with Crippen LogP contribution >= 0.6 is 0 Å². The number of hydrogen-bond acceptors (Lipinski definition) is 5. The minimum absolute atomic E-state index is 0.0221. The monoisotopic (exact) mass is 449 g/mol. The lowest BCUT2D eigenvalue weighted by molar-refractivity contribution is -0.121. The molecule has 0 aromatic heterocycles. The van der Waals surface area contributed by atoms with Crippen molar-refractivity contribution < 1.29 is 23.7 Å². The lowest BCUT2D eigenvalue weighted by Gasteiger charge is -2.20. The van der Waals surface area contributed by atoms with E-state index in [1.807, 2.05) is 66.7 Å². The van der Waals surface area contributed by atoms with Crippen molar-refractivity contribution in [3.05, 3.63) is 83.4 Å². The van der Waals surface area contributed by atoms with Crippen molar-refractivity contribution in [2.45, 2.75) is 25.3 Å². The first-order chi connectivity index (χ1) is 16.0. The molecule has 0 aliphatic heterocycles. The molecule has 1 N–H and O–H groups in total. The van der Waals surface area contributed by atoms with Crippen LogP contribution in [0.2, 0.25) is 0 Å². The van der Waals surface area contributed by atoms with Crippen LogP contribution in [0.3, 0.4) is 0 Å². The second-order valence-electron chi connectivity index (χ2n) is 7.67. The highest BCUT2D eigenvalue weighted by Gasteiger charge is 2.16. The second kappa shape index (κ2) is 11.8. The van der Waals surface area contributed by atoms with Crippen molar-refractivity contribution in [2.24, 2.45) is 0 Å². The maximum Gasteiger partial charge on any atom is 0.220 e. The number of methoxy groups -OCH3 is 4. The summed E-state index contributed by atoms with van der Waals surface area (Å²) in [5.41, 5.74) is 3.11. The van der Waals surface area contributed by atoms with Gasteiger partial charge >= 0.3 is 0 Å². The van der Waals surface area contributed by atoms with Crippen molar-refractivity contribution >= 4 is 5.91 Å². The lowest BCUT2D eigenvalue weighted by Crippen LogP contribution is -2.30. The average molecular weight is 450 g/mol. The van der Waals surface area contributed by atoms with Gasteiger partial charge in [0.05, 0.1) is 34.5 Å². The maximum atomic E-state index is 12.9. The number of ether oxygens (including phenoxy) is 4. The summed E-state index contributed by atoms with van der Waals surface area (Å²) in [7, 11) is 6.51. The second-order valence-corrected chi connectivity index (χ2v) is 7.67. The van der Waals surface area contributed by atoms with Gasteiger partial charge in [-0.05, 0) is 65.9 Å². The smallest absolute Gasteiger partial charge is 0.220 e. The summed E-state index contributed by atoms with van der Waals surface area (Å²) in [6.07, 6.45) is 1.60. The molecule has 1 unspecified atom stereocenters. The molecule has 6 heteroatoms. The molecule has 3 aromatic carbocycles. The van der Waals surface area contributed by atoms with Crippen LogP contribution in [-0.2, 0) is 17.6 Å². The van der Waals surface area contributed by atoms with Gasteiger partial charge in [0.2, 0.25) is 5.91 Å². The van der Waals surface area contributed by atoms with E-state index in [0.717, 1.165) is 28.2 Å². The molecule has 0 heterocycles. The predicted octanol–water partition coefficient (Wildman–Crippen LogP) is 4.75. The van der Waals surface area contributed by atoms with E-state index in [-0.39, 0.29) is 11.9 Å². The average Bonchev–Trinajstić information content (AvgIpc) is 2.87. The van der Waals surface area contributed by atoms with Crippen molar-refractivity contribution in [3.63, 3.8) is 0 Å². The van der Waals surface area contributed by atoms with Crippen LogP contribution in [0, 0.1) is 0 Å². The van der Waals surface area contributed by atoms with Gasteiger partial charge in [-0.25, -0.2) is 0 Å². The topological polar surface area (TPSA) is 66.0 Å². The molecule has 0 fully saturated rings. The first-order valence-corrected chi connectivity index (χ1v) is 10.8. The van der Waals surface area contributed by atoms with Crippen molar-refractivity contribution in [1.82, 2.24) is 5.32 Å². The predicted molar refractivity (Wildman–Crippen MR) is 128 cm³/mol. The number of rotatable bonds is 11. The number of carbonyl (C=O) groups is 1. The number of nitrogens with one attached hydrogen (secondary N) is 1. The van der Waals surface area contributed by atoms with Gasteiger partial charge in [0.1, 0.15) is 23.0 Å². The molecular formula is C27H31NO5. The Bertz CT molecular complexity index is 1010. The van der Waals surface area contributed by atoms with Crippen LogP contribution in [0.25, 0.3) is 0 Å². The zero-order valence-electron chi connectivity index (χ0n) is 19.6. The number of benzene rings is 3. The zero-order chi connectivity index (χ0) is 23.6. The molecule has 33 heavy (non-hydrogen) atoms. The minimum Gasteiger partial charge on any atom is -0.497 e. The Balaban J connectivity index is 1.72. The molecule has 3 aromatic rings. The van der Waals surface area contributed by atoms with Gasteiger partial charge in [-0.2, -0.15) is 0 Å². The Morgan fingerprint density at radius 1 is 0.697 bits per heavy atom. The zero-order valence-corrected chi connectivity index (χ0v) is 19.6. The minimum atomic E-state index is -0.170. The van der Waals surface area contributed by atoms with Crippen molar-refractivity contribution in [1.29, 1.82) is 0 Å². The third kappa shape index (κ3) is 6.91. The van der Waals surface area contributed by atoms with E-state index in [9.17, 15) is 4.79 Å². The third-order valence-corrected chi connectivity index (χ3v) is 5.50. The molecule has 6 nitrogen and oxygen atoms in total. The maximum absolute atomic E-state index is 12.9. The number of hydrogen-bond donors (Lipinski definition) is 1. The van der Waals surface area contributed by atoms with Crippen LogP contribution < -0.4 is 24.3 Å². The summed E-state index contributed by atoms with van der Waals surface area (Å²) in [5, 5.41) is 3.20. The molecule has 0 saturated carbocycles. The highest BCUT2D eigenvalue weighted by atomic mass is 16.5. The van der Waals surface area contributed by atoms with Gasteiger partial charge in [-0.3, -0.25) is 4.79 Å². The molecule has 0 aliphatic rings. The standard InChI is InChI=1S/C27H31NO5/c1-30-22-10-5-19(6-11-22)17-26(21-8-12-23(31-2)13-9-21)28-27(29)14-7-20-15-24(32-3)18-25(16-20)33-4/h5-6,8-13,15-16,18,26H,7,14,17H2,1-4H3,(H,28,29). The molecule has 1 amide bonds. The Morgan fingerprint density at radius 3 is 1.73 bits per heavy atom. The van der Waals surface area contributed by atoms with Crippen LogP contribution in [0.5, 0.6) is 23.0 Å². The largest absolute Gasteiger partial charge is 0.497 e. The van der Waals surface area contributed by atoms with Gasteiger partial charge in [0.25, 0.3) is 0 Å². The highest BCUT2D eigenvalue weighted by Crippen LogP contribution is 2.25. The quantitative estimate of drug-likeness (QED) is 0.457. The lowest BCUT2D eigenvalue weighted by atomic mass is 9.98. The Hall–Kier alpha value is -3.67. The summed E-state index contributed by atoms with van der Waals surface area (Å²) in [5.74, 6) is 2.98. The van der Waals surface area contributed by atoms with Gasteiger partial charge in [-0.15, -0.1) is 0 Å². The molecule has 1 atom stereocenters. The number of aryl methyl sites for hydroxylation is 1. The first kappa shape index (κ1) is 24.0. The van der Waals surface area contributed by atoms with Gasteiger partial charge in [0, 0.05) is 12.5 Å². The normalized spacial score (nSPS) is 11.4. The number of carbonyl (C=O) groups excluding carboxylic acids is 1. The fraction of sp³-hybridized carbons (Fsp3) is 0.296. The molecule has 0 saturated heterocycles. The highest BCUT2D eigenvalue weighted by molar-refractivity contribution is 5.76. The van der Waals surface area contributed by atoms with Crippen LogP contribution in [0.1, 0.15) is 29.2 Å². The molecule has 0 aliphatic carbocycles. The molecular weight excluding hydrogens is 418 g/mol. The fourth-order valence-electron chi connectivity index (χ4n) is 3.62. The van der Waals surface area contributed by atoms with E-state index < -0.39 is 0 Å². The summed E-state index contributed by atoms with van der Waals surface area (Å²) < 4.78 is 21.2. The van der Waals surface area contributed by atoms with Crippen LogP contribution in [0.15, 0.2) is 66.7 Å². The van der Waals surface area contributed by atoms with Crippen molar-refractivity contribution in [3.8, 4) is 23.0 Å². The fourth-order valence-corrected chi connectivity index (χ4v) is 3.62. The van der Waals surface area contributed by atoms with E-state index in [4.69, 9.17) is 18.9 Å². The molecule has 0 bridgehead atoms. The van der Waals surface area contributed by atoms with E-state index in [2.05, 4.69) is 5.32 Å². The van der Waals surface area contributed by atoms with Crippen molar-refractivity contribution in [2.75, 3.05) is 28.4 Å². The van der Waals surface area contributed by atoms with E-state index >= 15 is 0 Å². The molecule has 0 spiro atoms. The summed E-state index contributed by atoms with van der Waals surface area (Å²) in [6, 6.07) is 21.2. The SMILES string of the molecule is COc1ccc(CC(NC(=O)CCc2cc(OC)cc(OC)c2)c2ccc(OC)cc2)cc1. The number of amides is 1. The van der Waals surface area contributed by atoms with E-state index in [0.29, 0.717) is 30.8 Å². The summed E-state index contributed by atoms with van der Waals surface area (Å²) in [4.78, 5) is 12.9. The first-order valence-electron chi connectivity index (χ1n) is 10.8. The Kier molecular flexibility index (Phi) is 8.58. The van der Waals surface area contributed by atoms with E-state index in [1.54, 1.807) is 28.4 Å². The van der Waals surface area contributed by atoms with E-state index in [1.165, 1.54) is 0 Å². The van der Waals surface area contributed by atoms with Crippen LogP contribution in [0.4, 0.5) is 0 Å². The third-order valence-electron chi connectivity index (χ3n) is 5.50.